The van der Waals surface area contributed by atoms with E-state index in [9.17, 15) is 9.59 Å². The molecule has 1 amide bonds. The predicted molar refractivity (Wildman–Crippen MR) is 68.4 cm³/mol. The summed E-state index contributed by atoms with van der Waals surface area (Å²) >= 11 is 0. The van der Waals surface area contributed by atoms with E-state index in [-0.39, 0.29) is 5.91 Å². The molecule has 1 N–H and O–H groups in total. The van der Waals surface area contributed by atoms with Crippen molar-refractivity contribution in [2.75, 3.05) is 26.2 Å². The molecule has 0 bridgehead atoms. The number of amides is 1. The van der Waals surface area contributed by atoms with Crippen LogP contribution in [-0.2, 0) is 14.4 Å². The minimum Gasteiger partial charge on any atom is -0.480 e. The first-order chi connectivity index (χ1) is 9.18. The maximum atomic E-state index is 12.1. The predicted octanol–water partition coefficient (Wildman–Crippen LogP) is 0.870. The molecule has 6 heteroatoms. The Balaban J connectivity index is 1.81. The van der Waals surface area contributed by atoms with Gasteiger partial charge in [-0.3, -0.25) is 9.63 Å². The van der Waals surface area contributed by atoms with Gasteiger partial charge < -0.3 is 10.0 Å². The third-order valence-corrected chi connectivity index (χ3v) is 3.76. The number of hydrogen-bond donors (Lipinski definition) is 1. The van der Waals surface area contributed by atoms with Crippen LogP contribution < -0.4 is 0 Å². The summed E-state index contributed by atoms with van der Waals surface area (Å²) in [5.41, 5.74) is 0. The minimum absolute atomic E-state index is 0.0683. The van der Waals surface area contributed by atoms with Gasteiger partial charge in [0.2, 0.25) is 5.91 Å². The van der Waals surface area contributed by atoms with E-state index in [1.807, 2.05) is 5.06 Å². The molecule has 0 spiro atoms. The molecule has 2 saturated heterocycles. The number of carboxylic acids is 1. The highest BCUT2D eigenvalue weighted by Gasteiger charge is 2.31. The van der Waals surface area contributed by atoms with Crippen molar-refractivity contribution in [3.8, 4) is 0 Å². The van der Waals surface area contributed by atoms with Gasteiger partial charge in [0.05, 0.1) is 6.61 Å². The Labute approximate surface area is 113 Å². The van der Waals surface area contributed by atoms with Crippen LogP contribution in [0.2, 0.25) is 0 Å². The van der Waals surface area contributed by atoms with Gasteiger partial charge >= 0.3 is 5.97 Å². The number of likely N-dealkylation sites (tertiary alicyclic amines) is 1. The zero-order valence-electron chi connectivity index (χ0n) is 11.2. The number of carbonyl (C=O) groups excluding carboxylic acids is 1. The van der Waals surface area contributed by atoms with Crippen molar-refractivity contribution in [2.24, 2.45) is 0 Å². The van der Waals surface area contributed by atoms with Crippen molar-refractivity contribution in [2.45, 2.75) is 44.6 Å². The average Bonchev–Trinajstić information content (AvgIpc) is 2.46. The third-order valence-electron chi connectivity index (χ3n) is 3.76. The highest BCUT2D eigenvalue weighted by Crippen LogP contribution is 2.18. The smallest absolute Gasteiger partial charge is 0.326 e. The van der Waals surface area contributed by atoms with E-state index < -0.39 is 12.0 Å². The molecule has 0 aromatic rings. The molecule has 1 unspecified atom stereocenters. The Bertz CT molecular complexity index is 329. The summed E-state index contributed by atoms with van der Waals surface area (Å²) in [4.78, 5) is 30.2. The fourth-order valence-corrected chi connectivity index (χ4v) is 2.68. The average molecular weight is 270 g/mol. The van der Waals surface area contributed by atoms with Gasteiger partial charge in [-0.25, -0.2) is 4.79 Å². The molecule has 0 radical (unpaired) electrons. The number of rotatable bonds is 4. The maximum absolute atomic E-state index is 12.1. The summed E-state index contributed by atoms with van der Waals surface area (Å²) in [6.07, 6.45) is 4.85. The molecule has 0 aromatic heterocycles. The topological polar surface area (TPSA) is 70.1 Å². The number of hydrogen-bond acceptors (Lipinski definition) is 4. The highest BCUT2D eigenvalue weighted by atomic mass is 16.7. The quantitative estimate of drug-likeness (QED) is 0.821. The largest absolute Gasteiger partial charge is 0.480 e. The Hall–Kier alpha value is -1.14. The second-order valence-corrected chi connectivity index (χ2v) is 5.16. The van der Waals surface area contributed by atoms with E-state index in [4.69, 9.17) is 9.94 Å². The fraction of sp³-hybridized carbons (Fsp3) is 0.846. The van der Waals surface area contributed by atoms with E-state index in [2.05, 4.69) is 0 Å². The van der Waals surface area contributed by atoms with Gasteiger partial charge in [0.1, 0.15) is 6.04 Å². The monoisotopic (exact) mass is 270 g/mol. The van der Waals surface area contributed by atoms with Gasteiger partial charge in [-0.15, -0.1) is 0 Å². The number of piperidine rings is 1. The van der Waals surface area contributed by atoms with Crippen LogP contribution in [0.4, 0.5) is 0 Å². The molecule has 0 saturated carbocycles. The van der Waals surface area contributed by atoms with Crippen LogP contribution in [0.1, 0.15) is 38.5 Å². The van der Waals surface area contributed by atoms with Crippen molar-refractivity contribution in [3.63, 3.8) is 0 Å². The second-order valence-electron chi connectivity index (χ2n) is 5.16. The van der Waals surface area contributed by atoms with Gasteiger partial charge in [-0.2, -0.15) is 5.06 Å². The minimum atomic E-state index is -0.887. The van der Waals surface area contributed by atoms with Crippen LogP contribution in [0.5, 0.6) is 0 Å². The van der Waals surface area contributed by atoms with Crippen molar-refractivity contribution in [1.29, 1.82) is 0 Å². The standard InChI is InChI=1S/C13H22N2O4/c16-12(6-9-14-7-3-4-10-19-14)15-8-2-1-5-11(15)13(17)18/h11H,1-10H2,(H,17,18). The lowest BCUT2D eigenvalue weighted by Gasteiger charge is -2.34. The first-order valence-corrected chi connectivity index (χ1v) is 7.08. The van der Waals surface area contributed by atoms with Gasteiger partial charge in [0, 0.05) is 26.1 Å². The summed E-state index contributed by atoms with van der Waals surface area (Å²) in [7, 11) is 0. The fourth-order valence-electron chi connectivity index (χ4n) is 2.68. The molecule has 19 heavy (non-hydrogen) atoms. The van der Waals surface area contributed by atoms with Crippen molar-refractivity contribution >= 4 is 11.9 Å². The van der Waals surface area contributed by atoms with Gasteiger partial charge in [-0.1, -0.05) is 0 Å². The first-order valence-electron chi connectivity index (χ1n) is 7.08. The summed E-state index contributed by atoms with van der Waals surface area (Å²) in [6.45, 7) is 2.70. The number of hydroxylamine groups is 2. The Kier molecular flexibility index (Phi) is 5.15. The zero-order chi connectivity index (χ0) is 13.7. The van der Waals surface area contributed by atoms with Crippen molar-refractivity contribution < 1.29 is 19.5 Å². The molecule has 1 atom stereocenters. The van der Waals surface area contributed by atoms with E-state index in [0.717, 1.165) is 38.8 Å². The first kappa shape index (κ1) is 14.3. The number of nitrogens with zero attached hydrogens (tertiary/aromatic N) is 2. The molecule has 6 nitrogen and oxygen atoms in total. The Morgan fingerprint density at radius 2 is 1.95 bits per heavy atom. The van der Waals surface area contributed by atoms with Gasteiger partial charge in [-0.05, 0) is 32.1 Å². The lowest BCUT2D eigenvalue weighted by Crippen LogP contribution is -2.48. The van der Waals surface area contributed by atoms with Crippen LogP contribution in [0.25, 0.3) is 0 Å². The summed E-state index contributed by atoms with van der Waals surface area (Å²) in [5, 5.41) is 11.0. The molecule has 0 aromatic carbocycles. The van der Waals surface area contributed by atoms with E-state index in [0.29, 0.717) is 25.9 Å². The third kappa shape index (κ3) is 3.91. The SMILES string of the molecule is O=C(O)C1CCCCN1C(=O)CCN1CCCCO1. The second kappa shape index (κ2) is 6.86. The van der Waals surface area contributed by atoms with Crippen molar-refractivity contribution in [1.82, 2.24) is 9.96 Å². The van der Waals surface area contributed by atoms with Gasteiger partial charge in [0.15, 0.2) is 0 Å². The molecule has 2 fully saturated rings. The molecule has 2 aliphatic heterocycles. The van der Waals surface area contributed by atoms with Crippen LogP contribution in [0, 0.1) is 0 Å². The summed E-state index contributed by atoms with van der Waals surface area (Å²) in [5.74, 6) is -0.955. The normalized spacial score (nSPS) is 25.3. The highest BCUT2D eigenvalue weighted by molar-refractivity contribution is 5.83. The lowest BCUT2D eigenvalue weighted by molar-refractivity contribution is -0.183. The van der Waals surface area contributed by atoms with Crippen LogP contribution in [0.3, 0.4) is 0 Å². The number of aliphatic carboxylic acids is 1. The van der Waals surface area contributed by atoms with E-state index >= 15 is 0 Å². The Morgan fingerprint density at radius 3 is 2.63 bits per heavy atom. The molecule has 108 valence electrons. The number of carbonyl (C=O) groups is 2. The summed E-state index contributed by atoms with van der Waals surface area (Å²) < 4.78 is 0. The van der Waals surface area contributed by atoms with Crippen molar-refractivity contribution in [3.05, 3.63) is 0 Å². The summed E-state index contributed by atoms with van der Waals surface area (Å²) in [6, 6.07) is -0.636. The van der Waals surface area contributed by atoms with Crippen LogP contribution >= 0.6 is 0 Å². The molecular weight excluding hydrogens is 248 g/mol. The Morgan fingerprint density at radius 1 is 1.16 bits per heavy atom. The zero-order valence-corrected chi connectivity index (χ0v) is 11.2. The molecule has 0 aliphatic carbocycles. The van der Waals surface area contributed by atoms with E-state index in [1.54, 1.807) is 0 Å². The molecule has 2 heterocycles. The van der Waals surface area contributed by atoms with Gasteiger partial charge in [0.25, 0.3) is 0 Å². The van der Waals surface area contributed by atoms with Crippen LogP contribution in [0.15, 0.2) is 0 Å². The van der Waals surface area contributed by atoms with Crippen LogP contribution in [-0.4, -0.2) is 59.2 Å². The molecule has 2 rings (SSSR count). The molecular formula is C13H22N2O4. The molecule has 2 aliphatic rings. The number of carboxylic acid groups (broad SMARTS) is 1. The van der Waals surface area contributed by atoms with E-state index in [1.165, 1.54) is 4.90 Å². The maximum Gasteiger partial charge on any atom is 0.326 e. The lowest BCUT2D eigenvalue weighted by atomic mass is 10.0.